The molecular weight excluding hydrogens is 306 g/mol. The highest BCUT2D eigenvalue weighted by Crippen LogP contribution is 2.29. The monoisotopic (exact) mass is 318 g/mol. The Morgan fingerprint density at radius 3 is 2.57 bits per heavy atom. The lowest BCUT2D eigenvalue weighted by atomic mass is 10.2. The molecule has 0 aliphatic carbocycles. The van der Waals surface area contributed by atoms with Crippen molar-refractivity contribution >= 4 is 23.9 Å². The standard InChI is InChI=1S/C16H12F2N2O3/c17-11-4-5-15(14(18)8-11)20-7-6-19(16(20)22)12-2-1-3-13(9-12)23-10-21/h1-5,8-10H,6-7H2. The summed E-state index contributed by atoms with van der Waals surface area (Å²) in [4.78, 5) is 25.6. The number of amides is 2. The third-order valence-electron chi connectivity index (χ3n) is 3.52. The zero-order valence-corrected chi connectivity index (χ0v) is 11.9. The predicted octanol–water partition coefficient (Wildman–Crippen LogP) is 2.95. The highest BCUT2D eigenvalue weighted by molar-refractivity contribution is 6.06. The Labute approximate surface area is 130 Å². The van der Waals surface area contributed by atoms with Gasteiger partial charge in [-0.3, -0.25) is 14.6 Å². The molecule has 5 nitrogen and oxygen atoms in total. The average Bonchev–Trinajstić information content (AvgIpc) is 2.90. The number of carbonyl (C=O) groups is 2. The lowest BCUT2D eigenvalue weighted by Crippen LogP contribution is -2.32. The van der Waals surface area contributed by atoms with Crippen molar-refractivity contribution < 1.29 is 23.1 Å². The molecule has 2 aromatic rings. The summed E-state index contributed by atoms with van der Waals surface area (Å²) in [6.07, 6.45) is 0. The van der Waals surface area contributed by atoms with Gasteiger partial charge >= 0.3 is 6.03 Å². The molecule has 0 spiro atoms. The molecule has 118 valence electrons. The smallest absolute Gasteiger partial charge is 0.329 e. The summed E-state index contributed by atoms with van der Waals surface area (Å²) >= 11 is 0. The van der Waals surface area contributed by atoms with Crippen molar-refractivity contribution in [3.05, 3.63) is 54.1 Å². The van der Waals surface area contributed by atoms with Crippen LogP contribution in [0.2, 0.25) is 0 Å². The van der Waals surface area contributed by atoms with Crippen molar-refractivity contribution in [3.63, 3.8) is 0 Å². The predicted molar refractivity (Wildman–Crippen MR) is 79.6 cm³/mol. The summed E-state index contributed by atoms with van der Waals surface area (Å²) in [5.41, 5.74) is 0.554. The van der Waals surface area contributed by atoms with Crippen LogP contribution < -0.4 is 14.5 Å². The first-order valence-corrected chi connectivity index (χ1v) is 6.84. The maximum absolute atomic E-state index is 13.9. The van der Waals surface area contributed by atoms with Gasteiger partial charge in [0.05, 0.1) is 5.69 Å². The first kappa shape index (κ1) is 15.0. The molecule has 0 aromatic heterocycles. The highest BCUT2D eigenvalue weighted by Gasteiger charge is 2.32. The van der Waals surface area contributed by atoms with Crippen LogP contribution in [0.25, 0.3) is 0 Å². The molecule has 1 fully saturated rings. The van der Waals surface area contributed by atoms with E-state index in [0.717, 1.165) is 12.1 Å². The van der Waals surface area contributed by atoms with E-state index in [0.29, 0.717) is 24.5 Å². The number of urea groups is 1. The summed E-state index contributed by atoms with van der Waals surface area (Å²) in [6, 6.07) is 9.09. The Balaban J connectivity index is 1.86. The van der Waals surface area contributed by atoms with Gasteiger partial charge in [0.2, 0.25) is 0 Å². The average molecular weight is 318 g/mol. The van der Waals surface area contributed by atoms with E-state index >= 15 is 0 Å². The van der Waals surface area contributed by atoms with Crippen LogP contribution in [0.15, 0.2) is 42.5 Å². The largest absolute Gasteiger partial charge is 0.429 e. The minimum absolute atomic E-state index is 0.0270. The van der Waals surface area contributed by atoms with Crippen LogP contribution in [-0.4, -0.2) is 25.6 Å². The molecule has 0 atom stereocenters. The van der Waals surface area contributed by atoms with Gasteiger partial charge < -0.3 is 4.74 Å². The Morgan fingerprint density at radius 1 is 1.04 bits per heavy atom. The molecule has 7 heteroatoms. The van der Waals surface area contributed by atoms with E-state index in [9.17, 15) is 18.4 Å². The Bertz CT molecular complexity index is 767. The first-order chi connectivity index (χ1) is 11.1. The second kappa shape index (κ2) is 6.04. The molecule has 2 amide bonds. The lowest BCUT2D eigenvalue weighted by molar-refractivity contribution is -0.120. The summed E-state index contributed by atoms with van der Waals surface area (Å²) in [5.74, 6) is -1.19. The molecule has 2 aromatic carbocycles. The molecule has 1 saturated heterocycles. The molecule has 0 radical (unpaired) electrons. The molecule has 3 rings (SSSR count). The van der Waals surface area contributed by atoms with E-state index in [2.05, 4.69) is 0 Å². The Kier molecular flexibility index (Phi) is 3.92. The zero-order chi connectivity index (χ0) is 16.4. The van der Waals surface area contributed by atoms with Crippen molar-refractivity contribution in [1.29, 1.82) is 0 Å². The van der Waals surface area contributed by atoms with Crippen LogP contribution >= 0.6 is 0 Å². The second-order valence-electron chi connectivity index (χ2n) is 4.89. The number of anilines is 2. The van der Waals surface area contributed by atoms with E-state index in [1.54, 1.807) is 18.2 Å². The van der Waals surface area contributed by atoms with E-state index < -0.39 is 17.7 Å². The third-order valence-corrected chi connectivity index (χ3v) is 3.52. The van der Waals surface area contributed by atoms with Crippen LogP contribution in [0.5, 0.6) is 5.75 Å². The number of carbonyl (C=O) groups excluding carboxylic acids is 2. The number of nitrogens with zero attached hydrogens (tertiary/aromatic N) is 2. The molecule has 0 unspecified atom stereocenters. The summed E-state index contributed by atoms with van der Waals surface area (Å²) in [7, 11) is 0. The van der Waals surface area contributed by atoms with Gasteiger partial charge in [0.15, 0.2) is 0 Å². The van der Waals surface area contributed by atoms with Gasteiger partial charge in [-0.05, 0) is 24.3 Å². The van der Waals surface area contributed by atoms with Gasteiger partial charge in [-0.2, -0.15) is 0 Å². The number of halogens is 2. The number of hydrogen-bond donors (Lipinski definition) is 0. The number of ether oxygens (including phenoxy) is 1. The molecule has 1 aliphatic rings. The quantitative estimate of drug-likeness (QED) is 0.815. The molecule has 0 N–H and O–H groups in total. The summed E-state index contributed by atoms with van der Waals surface area (Å²) in [5, 5.41) is 0. The van der Waals surface area contributed by atoms with Crippen molar-refractivity contribution in [2.75, 3.05) is 22.9 Å². The van der Waals surface area contributed by atoms with E-state index in [1.165, 1.54) is 21.9 Å². The van der Waals surface area contributed by atoms with Crippen molar-refractivity contribution in [2.45, 2.75) is 0 Å². The fraction of sp³-hybridized carbons (Fsp3) is 0.125. The van der Waals surface area contributed by atoms with Crippen LogP contribution in [0.4, 0.5) is 25.0 Å². The Morgan fingerprint density at radius 2 is 1.83 bits per heavy atom. The Hall–Kier alpha value is -2.96. The SMILES string of the molecule is O=COc1cccc(N2CCN(c3ccc(F)cc3F)C2=O)c1. The molecule has 1 heterocycles. The second-order valence-corrected chi connectivity index (χ2v) is 4.89. The molecule has 23 heavy (non-hydrogen) atoms. The van der Waals surface area contributed by atoms with Crippen LogP contribution in [0.3, 0.4) is 0 Å². The number of benzene rings is 2. The minimum Gasteiger partial charge on any atom is -0.429 e. The molecule has 1 aliphatic heterocycles. The normalized spacial score (nSPS) is 14.3. The van der Waals surface area contributed by atoms with E-state index in [-0.39, 0.29) is 12.2 Å². The van der Waals surface area contributed by atoms with Crippen molar-refractivity contribution in [2.24, 2.45) is 0 Å². The topological polar surface area (TPSA) is 49.9 Å². The zero-order valence-electron chi connectivity index (χ0n) is 11.9. The molecule has 0 saturated carbocycles. The lowest BCUT2D eigenvalue weighted by Gasteiger charge is -2.19. The number of hydrogen-bond acceptors (Lipinski definition) is 3. The fourth-order valence-electron chi connectivity index (χ4n) is 2.48. The highest BCUT2D eigenvalue weighted by atomic mass is 19.1. The van der Waals surface area contributed by atoms with Crippen LogP contribution in [0, 0.1) is 11.6 Å². The molecule has 0 bridgehead atoms. The maximum Gasteiger partial charge on any atom is 0.329 e. The van der Waals surface area contributed by atoms with Gasteiger partial charge in [0, 0.05) is 30.9 Å². The van der Waals surface area contributed by atoms with Crippen LogP contribution in [0.1, 0.15) is 0 Å². The minimum atomic E-state index is -0.793. The van der Waals surface area contributed by atoms with Gasteiger partial charge in [-0.15, -0.1) is 0 Å². The van der Waals surface area contributed by atoms with Gasteiger partial charge in [0.1, 0.15) is 17.4 Å². The molecular formula is C16H12F2N2O3. The third kappa shape index (κ3) is 2.85. The fourth-order valence-corrected chi connectivity index (χ4v) is 2.48. The van der Waals surface area contributed by atoms with E-state index in [4.69, 9.17) is 4.74 Å². The van der Waals surface area contributed by atoms with Crippen molar-refractivity contribution in [1.82, 2.24) is 0 Å². The maximum atomic E-state index is 13.9. The van der Waals surface area contributed by atoms with E-state index in [1.807, 2.05) is 0 Å². The summed E-state index contributed by atoms with van der Waals surface area (Å²) < 4.78 is 31.6. The van der Waals surface area contributed by atoms with Crippen molar-refractivity contribution in [3.8, 4) is 5.75 Å². The summed E-state index contributed by atoms with van der Waals surface area (Å²) in [6.45, 7) is 0.894. The van der Waals surface area contributed by atoms with Gasteiger partial charge in [0.25, 0.3) is 6.47 Å². The number of rotatable bonds is 4. The van der Waals surface area contributed by atoms with Gasteiger partial charge in [-0.1, -0.05) is 6.07 Å². The van der Waals surface area contributed by atoms with Crippen LogP contribution in [-0.2, 0) is 4.79 Å². The van der Waals surface area contributed by atoms with Gasteiger partial charge in [-0.25, -0.2) is 13.6 Å². The first-order valence-electron chi connectivity index (χ1n) is 6.84.